The molecular formula is C15H17NO5. The van der Waals surface area contributed by atoms with Gasteiger partial charge in [0.2, 0.25) is 0 Å². The summed E-state index contributed by atoms with van der Waals surface area (Å²) in [4.78, 5) is 22.6. The molecule has 0 aromatic heterocycles. The van der Waals surface area contributed by atoms with Crippen molar-refractivity contribution in [3.8, 4) is 11.8 Å². The number of methoxy groups -OCH3 is 1. The second-order valence-corrected chi connectivity index (χ2v) is 4.25. The summed E-state index contributed by atoms with van der Waals surface area (Å²) < 4.78 is 9.83. The van der Waals surface area contributed by atoms with Crippen molar-refractivity contribution in [2.75, 3.05) is 13.7 Å². The van der Waals surface area contributed by atoms with Crippen molar-refractivity contribution in [1.82, 2.24) is 0 Å². The molecule has 1 rings (SSSR count). The molecule has 0 heterocycles. The van der Waals surface area contributed by atoms with Gasteiger partial charge in [0.15, 0.2) is 6.61 Å². The van der Waals surface area contributed by atoms with E-state index in [1.54, 1.807) is 0 Å². The third-order valence-electron chi connectivity index (χ3n) is 3.12. The maximum atomic E-state index is 11.4. The summed E-state index contributed by atoms with van der Waals surface area (Å²) in [6.07, 6.45) is 1.07. The molecule has 1 N–H and O–H groups in total. The van der Waals surface area contributed by atoms with Gasteiger partial charge in [-0.15, -0.1) is 0 Å². The van der Waals surface area contributed by atoms with Crippen LogP contribution in [0.4, 0.5) is 0 Å². The fraction of sp³-hybridized carbons (Fsp3) is 0.400. The highest BCUT2D eigenvalue weighted by Gasteiger charge is 2.22. The molecule has 0 unspecified atom stereocenters. The maximum absolute atomic E-state index is 11.4. The summed E-state index contributed by atoms with van der Waals surface area (Å²) in [5, 5.41) is 18.5. The van der Waals surface area contributed by atoms with E-state index in [0.29, 0.717) is 24.0 Å². The molecule has 0 saturated heterocycles. The first kappa shape index (κ1) is 16.5. The van der Waals surface area contributed by atoms with Crippen molar-refractivity contribution >= 4 is 11.9 Å². The van der Waals surface area contributed by atoms with Gasteiger partial charge in [0, 0.05) is 0 Å². The van der Waals surface area contributed by atoms with Crippen LogP contribution in [-0.4, -0.2) is 30.8 Å². The summed E-state index contributed by atoms with van der Waals surface area (Å²) in [5.74, 6) is -1.68. The first-order valence-electron chi connectivity index (χ1n) is 6.51. The lowest BCUT2D eigenvalue weighted by Crippen LogP contribution is -2.16. The molecule has 21 heavy (non-hydrogen) atoms. The van der Waals surface area contributed by atoms with Gasteiger partial charge in [-0.05, 0) is 30.0 Å². The molecular weight excluding hydrogens is 274 g/mol. The van der Waals surface area contributed by atoms with Crippen LogP contribution in [0.15, 0.2) is 6.07 Å². The minimum Gasteiger partial charge on any atom is -0.481 e. The van der Waals surface area contributed by atoms with E-state index in [1.165, 1.54) is 13.2 Å². The number of ether oxygens (including phenoxy) is 2. The van der Waals surface area contributed by atoms with E-state index in [4.69, 9.17) is 10.00 Å². The Kier molecular flexibility index (Phi) is 5.73. The average molecular weight is 291 g/mol. The van der Waals surface area contributed by atoms with Crippen molar-refractivity contribution in [1.29, 1.82) is 5.26 Å². The van der Waals surface area contributed by atoms with Crippen molar-refractivity contribution in [2.45, 2.75) is 26.7 Å². The van der Waals surface area contributed by atoms with E-state index < -0.39 is 11.9 Å². The van der Waals surface area contributed by atoms with Crippen LogP contribution >= 0.6 is 0 Å². The highest BCUT2D eigenvalue weighted by atomic mass is 16.6. The number of benzene rings is 1. The molecule has 1 aromatic rings. The minimum absolute atomic E-state index is 0.121. The molecule has 0 amide bonds. The number of carboxylic acids is 1. The van der Waals surface area contributed by atoms with E-state index in [-0.39, 0.29) is 17.9 Å². The lowest BCUT2D eigenvalue weighted by molar-refractivity contribution is -0.142. The normalized spacial score (nSPS) is 9.81. The average Bonchev–Trinajstić information content (AvgIpc) is 2.50. The number of esters is 1. The Bertz CT molecular complexity index is 601. The van der Waals surface area contributed by atoms with Gasteiger partial charge in [-0.2, -0.15) is 5.26 Å². The van der Waals surface area contributed by atoms with Crippen LogP contribution in [0.25, 0.3) is 0 Å². The van der Waals surface area contributed by atoms with Crippen molar-refractivity contribution in [2.24, 2.45) is 0 Å². The minimum atomic E-state index is -1.20. The molecule has 0 saturated carbocycles. The number of hydrogen-bond donors (Lipinski definition) is 1. The van der Waals surface area contributed by atoms with Crippen molar-refractivity contribution in [3.05, 3.63) is 28.3 Å². The highest BCUT2D eigenvalue weighted by molar-refractivity contribution is 5.92. The number of carboxylic acid groups (broad SMARTS) is 1. The van der Waals surface area contributed by atoms with Gasteiger partial charge >= 0.3 is 11.9 Å². The van der Waals surface area contributed by atoms with Gasteiger partial charge in [0.05, 0.1) is 18.7 Å². The zero-order chi connectivity index (χ0) is 16.0. The fourth-order valence-electron chi connectivity index (χ4n) is 2.15. The standard InChI is InChI=1S/C15H17NO5/c1-4-10-9(7-16)6-12(15(18)19)14(11(10)5-2)21-8-13(17)20-3/h6H,4-5,8H2,1-3H3,(H,18,19). The van der Waals surface area contributed by atoms with Crippen LogP contribution < -0.4 is 4.74 Å². The first-order chi connectivity index (χ1) is 9.99. The quantitative estimate of drug-likeness (QED) is 0.804. The van der Waals surface area contributed by atoms with Gasteiger partial charge < -0.3 is 14.6 Å². The summed E-state index contributed by atoms with van der Waals surface area (Å²) in [6.45, 7) is 3.34. The first-order valence-corrected chi connectivity index (χ1v) is 6.51. The van der Waals surface area contributed by atoms with Gasteiger partial charge in [-0.1, -0.05) is 13.8 Å². The van der Waals surface area contributed by atoms with Gasteiger partial charge in [0.25, 0.3) is 0 Å². The Balaban J connectivity index is 3.46. The van der Waals surface area contributed by atoms with E-state index in [1.807, 2.05) is 19.9 Å². The molecule has 1 aromatic carbocycles. The summed E-state index contributed by atoms with van der Waals surface area (Å²) in [7, 11) is 1.22. The molecule has 0 aliphatic rings. The second-order valence-electron chi connectivity index (χ2n) is 4.25. The maximum Gasteiger partial charge on any atom is 0.343 e. The molecule has 0 aliphatic heterocycles. The number of aromatic carboxylic acids is 1. The third kappa shape index (κ3) is 3.51. The number of hydrogen-bond acceptors (Lipinski definition) is 5. The number of nitriles is 1. The molecule has 6 nitrogen and oxygen atoms in total. The molecule has 0 aliphatic carbocycles. The second kappa shape index (κ2) is 7.29. The number of rotatable bonds is 6. The van der Waals surface area contributed by atoms with Crippen LogP contribution in [-0.2, 0) is 22.4 Å². The summed E-state index contributed by atoms with van der Waals surface area (Å²) in [6, 6.07) is 3.29. The molecule has 0 spiro atoms. The number of carbonyl (C=O) groups excluding carboxylic acids is 1. The summed E-state index contributed by atoms with van der Waals surface area (Å²) >= 11 is 0. The lowest BCUT2D eigenvalue weighted by atomic mass is 9.93. The van der Waals surface area contributed by atoms with E-state index in [2.05, 4.69) is 4.74 Å². The van der Waals surface area contributed by atoms with Gasteiger partial charge in [-0.3, -0.25) is 0 Å². The van der Waals surface area contributed by atoms with Crippen LogP contribution in [0, 0.1) is 11.3 Å². The Morgan fingerprint density at radius 1 is 1.29 bits per heavy atom. The Hall–Kier alpha value is -2.55. The highest BCUT2D eigenvalue weighted by Crippen LogP contribution is 2.31. The van der Waals surface area contributed by atoms with Gasteiger partial charge in [-0.25, -0.2) is 9.59 Å². The summed E-state index contributed by atoms with van der Waals surface area (Å²) in [5.41, 5.74) is 1.57. The van der Waals surface area contributed by atoms with Crippen LogP contribution in [0.2, 0.25) is 0 Å². The zero-order valence-corrected chi connectivity index (χ0v) is 12.2. The SMILES string of the molecule is CCc1c(C#N)cc(C(=O)O)c(OCC(=O)OC)c1CC. The van der Waals surface area contributed by atoms with E-state index >= 15 is 0 Å². The predicted octanol–water partition coefficient (Wildman–Crippen LogP) is 1.93. The van der Waals surface area contributed by atoms with Crippen molar-refractivity contribution in [3.63, 3.8) is 0 Å². The Labute approximate surface area is 122 Å². The van der Waals surface area contributed by atoms with Crippen LogP contribution in [0.5, 0.6) is 5.75 Å². The zero-order valence-electron chi connectivity index (χ0n) is 12.2. The monoisotopic (exact) mass is 291 g/mol. The lowest BCUT2D eigenvalue weighted by Gasteiger charge is -2.17. The van der Waals surface area contributed by atoms with Gasteiger partial charge in [0.1, 0.15) is 11.3 Å². The molecule has 0 radical (unpaired) electrons. The number of nitrogens with zero attached hydrogens (tertiary/aromatic N) is 1. The number of carbonyl (C=O) groups is 2. The topological polar surface area (TPSA) is 96.6 Å². The fourth-order valence-corrected chi connectivity index (χ4v) is 2.15. The van der Waals surface area contributed by atoms with Crippen LogP contribution in [0.1, 0.15) is 40.9 Å². The smallest absolute Gasteiger partial charge is 0.343 e. The Morgan fingerprint density at radius 3 is 2.33 bits per heavy atom. The molecule has 6 heteroatoms. The molecule has 112 valence electrons. The molecule has 0 fully saturated rings. The largest absolute Gasteiger partial charge is 0.481 e. The Morgan fingerprint density at radius 2 is 1.90 bits per heavy atom. The molecule has 0 atom stereocenters. The van der Waals surface area contributed by atoms with Crippen LogP contribution in [0.3, 0.4) is 0 Å². The predicted molar refractivity (Wildman–Crippen MR) is 74.4 cm³/mol. The van der Waals surface area contributed by atoms with E-state index in [9.17, 15) is 14.7 Å². The van der Waals surface area contributed by atoms with Crippen molar-refractivity contribution < 1.29 is 24.2 Å². The molecule has 0 bridgehead atoms. The van der Waals surface area contributed by atoms with E-state index in [0.717, 1.165) is 5.56 Å². The third-order valence-corrected chi connectivity index (χ3v) is 3.12.